The maximum absolute atomic E-state index is 13.2. The summed E-state index contributed by atoms with van der Waals surface area (Å²) in [5, 5.41) is 0. The Morgan fingerprint density at radius 3 is 2.27 bits per heavy atom. The third-order valence-electron chi connectivity index (χ3n) is 6.26. The van der Waals surface area contributed by atoms with Gasteiger partial charge >= 0.3 is 0 Å². The monoisotopic (exact) mass is 459 g/mol. The lowest BCUT2D eigenvalue weighted by atomic mass is 10.1. The van der Waals surface area contributed by atoms with E-state index < -0.39 is 31.7 Å². The molecular formula is C19H26FN3O5S2. The molecular weight excluding hydrogens is 433 g/mol. The SMILES string of the molecule is O=C([C@@H]1CCCN1S(=O)(=O)c1ccc(F)cc1)N1CCN([C@H]2CCS(=O)(=O)C2)CC1. The molecule has 0 N–H and O–H groups in total. The Bertz CT molecular complexity index is 1010. The molecule has 0 saturated carbocycles. The lowest BCUT2D eigenvalue weighted by molar-refractivity contribution is -0.136. The molecule has 30 heavy (non-hydrogen) atoms. The minimum absolute atomic E-state index is 0.00841. The molecule has 3 saturated heterocycles. The van der Waals surface area contributed by atoms with Crippen LogP contribution in [0.1, 0.15) is 19.3 Å². The molecule has 0 radical (unpaired) electrons. The van der Waals surface area contributed by atoms with Gasteiger partial charge in [0.2, 0.25) is 15.9 Å². The molecule has 1 aromatic rings. The molecule has 0 aliphatic carbocycles. The van der Waals surface area contributed by atoms with Crippen molar-refractivity contribution in [1.82, 2.24) is 14.1 Å². The van der Waals surface area contributed by atoms with Crippen LogP contribution in [0.25, 0.3) is 0 Å². The molecule has 2 atom stereocenters. The number of carbonyl (C=O) groups excluding carboxylic acids is 1. The number of carbonyl (C=O) groups is 1. The Morgan fingerprint density at radius 1 is 1.00 bits per heavy atom. The molecule has 3 heterocycles. The van der Waals surface area contributed by atoms with Crippen LogP contribution < -0.4 is 0 Å². The molecule has 0 aromatic heterocycles. The number of nitrogens with zero attached hydrogens (tertiary/aromatic N) is 3. The van der Waals surface area contributed by atoms with Gasteiger partial charge in [0, 0.05) is 38.8 Å². The Kier molecular flexibility index (Phi) is 5.90. The average Bonchev–Trinajstić information content (AvgIpc) is 3.35. The summed E-state index contributed by atoms with van der Waals surface area (Å²) in [4.78, 5) is 16.9. The van der Waals surface area contributed by atoms with Crippen molar-refractivity contribution in [3.63, 3.8) is 0 Å². The van der Waals surface area contributed by atoms with Crippen molar-refractivity contribution in [2.45, 2.75) is 36.2 Å². The lowest BCUT2D eigenvalue weighted by Crippen LogP contribution is -2.56. The number of hydrogen-bond donors (Lipinski definition) is 0. The number of rotatable bonds is 4. The molecule has 11 heteroatoms. The van der Waals surface area contributed by atoms with Gasteiger partial charge in [0.1, 0.15) is 11.9 Å². The van der Waals surface area contributed by atoms with Gasteiger partial charge in [-0.1, -0.05) is 0 Å². The van der Waals surface area contributed by atoms with E-state index >= 15 is 0 Å². The first kappa shape index (κ1) is 21.7. The summed E-state index contributed by atoms with van der Waals surface area (Å²) in [5.74, 6) is -0.338. The standard InChI is InChI=1S/C19H26FN3O5S2/c20-15-3-5-17(6-4-15)30(27,28)23-8-1-2-18(23)19(24)22-11-9-21(10-12-22)16-7-13-29(25,26)14-16/h3-6,16,18H,1-2,7-14H2/t16-,18-/m0/s1. The number of sulfonamides is 1. The lowest BCUT2D eigenvalue weighted by Gasteiger charge is -2.39. The second-order valence-corrected chi connectivity index (χ2v) is 12.3. The van der Waals surface area contributed by atoms with Crippen molar-refractivity contribution in [3.8, 4) is 0 Å². The highest BCUT2D eigenvalue weighted by atomic mass is 32.2. The molecule has 3 fully saturated rings. The van der Waals surface area contributed by atoms with Gasteiger partial charge in [-0.3, -0.25) is 9.69 Å². The van der Waals surface area contributed by atoms with Crippen molar-refractivity contribution >= 4 is 25.8 Å². The fourth-order valence-corrected chi connectivity index (χ4v) is 8.01. The summed E-state index contributed by atoms with van der Waals surface area (Å²) >= 11 is 0. The minimum atomic E-state index is -3.88. The van der Waals surface area contributed by atoms with E-state index in [1.165, 1.54) is 16.4 Å². The second kappa shape index (κ2) is 8.18. The topological polar surface area (TPSA) is 95.1 Å². The Morgan fingerprint density at radius 2 is 1.67 bits per heavy atom. The van der Waals surface area contributed by atoms with Gasteiger partial charge in [-0.15, -0.1) is 0 Å². The number of piperazine rings is 1. The van der Waals surface area contributed by atoms with Crippen LogP contribution >= 0.6 is 0 Å². The van der Waals surface area contributed by atoms with E-state index in [9.17, 15) is 26.0 Å². The first-order valence-electron chi connectivity index (χ1n) is 10.2. The molecule has 8 nitrogen and oxygen atoms in total. The molecule has 1 aromatic carbocycles. The first-order chi connectivity index (χ1) is 14.2. The maximum Gasteiger partial charge on any atom is 0.243 e. The molecule has 166 valence electrons. The normalized spacial score (nSPS) is 28.1. The predicted molar refractivity (Wildman–Crippen MR) is 109 cm³/mol. The van der Waals surface area contributed by atoms with E-state index in [-0.39, 0.29) is 34.9 Å². The van der Waals surface area contributed by atoms with Gasteiger partial charge in [-0.05, 0) is 43.5 Å². The summed E-state index contributed by atoms with van der Waals surface area (Å²) in [6.45, 7) is 2.34. The molecule has 1 amide bonds. The van der Waals surface area contributed by atoms with Crippen LogP contribution in [0.4, 0.5) is 4.39 Å². The summed E-state index contributed by atoms with van der Waals surface area (Å²) in [5.41, 5.74) is 0. The van der Waals surface area contributed by atoms with Gasteiger partial charge in [-0.2, -0.15) is 4.31 Å². The van der Waals surface area contributed by atoms with Crippen LogP contribution in [0.3, 0.4) is 0 Å². The van der Waals surface area contributed by atoms with Crippen molar-refractivity contribution in [2.75, 3.05) is 44.2 Å². The van der Waals surface area contributed by atoms with Crippen LogP contribution in [0.2, 0.25) is 0 Å². The fourth-order valence-electron chi connectivity index (χ4n) is 4.60. The number of benzene rings is 1. The summed E-state index contributed by atoms with van der Waals surface area (Å²) in [7, 11) is -6.84. The highest BCUT2D eigenvalue weighted by Crippen LogP contribution is 2.28. The van der Waals surface area contributed by atoms with Crippen molar-refractivity contribution in [2.24, 2.45) is 0 Å². The minimum Gasteiger partial charge on any atom is -0.339 e. The number of halogens is 1. The second-order valence-electron chi connectivity index (χ2n) is 8.15. The third-order valence-corrected chi connectivity index (χ3v) is 9.93. The third kappa shape index (κ3) is 4.25. The zero-order valence-electron chi connectivity index (χ0n) is 16.6. The largest absolute Gasteiger partial charge is 0.339 e. The van der Waals surface area contributed by atoms with Gasteiger partial charge in [-0.25, -0.2) is 21.2 Å². The highest BCUT2D eigenvalue weighted by molar-refractivity contribution is 7.91. The number of sulfone groups is 1. The van der Waals surface area contributed by atoms with Crippen LogP contribution in [0.5, 0.6) is 0 Å². The van der Waals surface area contributed by atoms with Crippen LogP contribution in [0, 0.1) is 5.82 Å². The molecule has 0 bridgehead atoms. The van der Waals surface area contributed by atoms with Crippen molar-refractivity contribution < 1.29 is 26.0 Å². The molecule has 0 spiro atoms. The molecule has 3 aliphatic rings. The van der Waals surface area contributed by atoms with Gasteiger partial charge in [0.25, 0.3) is 0 Å². The van der Waals surface area contributed by atoms with E-state index in [1.54, 1.807) is 4.90 Å². The first-order valence-corrected chi connectivity index (χ1v) is 13.4. The highest BCUT2D eigenvalue weighted by Gasteiger charge is 2.42. The van der Waals surface area contributed by atoms with E-state index in [4.69, 9.17) is 0 Å². The maximum atomic E-state index is 13.2. The molecule has 3 aliphatic heterocycles. The predicted octanol–water partition coefficient (Wildman–Crippen LogP) is 0.310. The summed E-state index contributed by atoms with van der Waals surface area (Å²) in [6, 6.07) is 3.90. The van der Waals surface area contributed by atoms with Gasteiger partial charge in [0.05, 0.1) is 16.4 Å². The number of hydrogen-bond acceptors (Lipinski definition) is 6. The van der Waals surface area contributed by atoms with Crippen LogP contribution in [0.15, 0.2) is 29.2 Å². The van der Waals surface area contributed by atoms with E-state index in [0.29, 0.717) is 45.4 Å². The molecule has 4 rings (SSSR count). The Balaban J connectivity index is 1.41. The van der Waals surface area contributed by atoms with E-state index in [2.05, 4.69) is 4.90 Å². The molecule has 0 unspecified atom stereocenters. The summed E-state index contributed by atoms with van der Waals surface area (Å²) in [6.07, 6.45) is 1.68. The van der Waals surface area contributed by atoms with Crippen LogP contribution in [-0.4, -0.2) is 93.2 Å². The Labute approximate surface area is 176 Å². The zero-order chi connectivity index (χ0) is 21.5. The van der Waals surface area contributed by atoms with Gasteiger partial charge in [0.15, 0.2) is 9.84 Å². The van der Waals surface area contributed by atoms with Crippen LogP contribution in [-0.2, 0) is 24.7 Å². The van der Waals surface area contributed by atoms with Crippen molar-refractivity contribution in [3.05, 3.63) is 30.1 Å². The van der Waals surface area contributed by atoms with E-state index in [0.717, 1.165) is 12.1 Å². The van der Waals surface area contributed by atoms with E-state index in [1.807, 2.05) is 0 Å². The smallest absolute Gasteiger partial charge is 0.243 e. The fraction of sp³-hybridized carbons (Fsp3) is 0.632. The average molecular weight is 460 g/mol. The summed E-state index contributed by atoms with van der Waals surface area (Å²) < 4.78 is 63.9. The van der Waals surface area contributed by atoms with Gasteiger partial charge < -0.3 is 4.90 Å². The van der Waals surface area contributed by atoms with Crippen molar-refractivity contribution in [1.29, 1.82) is 0 Å². The zero-order valence-corrected chi connectivity index (χ0v) is 18.2. The Hall–Kier alpha value is -1.56. The number of amides is 1. The quantitative estimate of drug-likeness (QED) is 0.643.